The lowest BCUT2D eigenvalue weighted by Crippen LogP contribution is -2.34. The van der Waals surface area contributed by atoms with Gasteiger partial charge in [-0.3, -0.25) is 0 Å². The molecule has 1 aliphatic carbocycles. The largest absolute Gasteiger partial charge is 0.497 e. The van der Waals surface area contributed by atoms with Crippen LogP contribution in [-0.2, 0) is 0 Å². The van der Waals surface area contributed by atoms with Gasteiger partial charge >= 0.3 is 0 Å². The third-order valence-electron chi connectivity index (χ3n) is 4.28. The van der Waals surface area contributed by atoms with Crippen LogP contribution in [0.3, 0.4) is 0 Å². The fourth-order valence-electron chi connectivity index (χ4n) is 3.29. The Morgan fingerprint density at radius 3 is 2.30 bits per heavy atom. The Kier molecular flexibility index (Phi) is 3.93. The summed E-state index contributed by atoms with van der Waals surface area (Å²) in [6, 6.07) is 17.1. The van der Waals surface area contributed by atoms with Crippen molar-refractivity contribution in [2.75, 3.05) is 7.11 Å². The SMILES string of the molecule is COc1ccc2c(c1)C(C)C(c1ccccc1)=C2NC(C)(C)C. The fourth-order valence-corrected chi connectivity index (χ4v) is 3.29. The Hall–Kier alpha value is -2.22. The van der Waals surface area contributed by atoms with Crippen molar-refractivity contribution in [3.63, 3.8) is 0 Å². The second-order valence-electron chi connectivity index (χ2n) is 7.20. The van der Waals surface area contributed by atoms with Gasteiger partial charge in [0.15, 0.2) is 0 Å². The molecule has 0 aromatic heterocycles. The summed E-state index contributed by atoms with van der Waals surface area (Å²) < 4.78 is 5.43. The summed E-state index contributed by atoms with van der Waals surface area (Å²) in [6.07, 6.45) is 0. The average molecular weight is 307 g/mol. The van der Waals surface area contributed by atoms with E-state index in [9.17, 15) is 0 Å². The summed E-state index contributed by atoms with van der Waals surface area (Å²) in [5, 5.41) is 3.73. The van der Waals surface area contributed by atoms with E-state index < -0.39 is 0 Å². The van der Waals surface area contributed by atoms with E-state index in [4.69, 9.17) is 4.74 Å². The number of fused-ring (bicyclic) bond motifs is 1. The highest BCUT2D eigenvalue weighted by atomic mass is 16.5. The number of hydrogen-bond donors (Lipinski definition) is 1. The molecule has 3 rings (SSSR count). The van der Waals surface area contributed by atoms with Crippen molar-refractivity contribution < 1.29 is 4.74 Å². The van der Waals surface area contributed by atoms with Gasteiger partial charge in [0.1, 0.15) is 5.75 Å². The minimum atomic E-state index is 0.0105. The highest BCUT2D eigenvalue weighted by molar-refractivity contribution is 5.98. The van der Waals surface area contributed by atoms with E-state index in [1.807, 2.05) is 6.07 Å². The van der Waals surface area contributed by atoms with Gasteiger partial charge < -0.3 is 10.1 Å². The van der Waals surface area contributed by atoms with E-state index in [0.717, 1.165) is 5.75 Å². The molecule has 0 heterocycles. The normalized spacial score (nSPS) is 17.2. The highest BCUT2D eigenvalue weighted by Crippen LogP contribution is 2.47. The average Bonchev–Trinajstić information content (AvgIpc) is 2.78. The molecule has 0 spiro atoms. The smallest absolute Gasteiger partial charge is 0.119 e. The van der Waals surface area contributed by atoms with E-state index in [1.165, 1.54) is 28.0 Å². The second kappa shape index (κ2) is 5.77. The first kappa shape index (κ1) is 15.7. The number of allylic oxidation sites excluding steroid dienone is 1. The Labute approximate surface area is 139 Å². The van der Waals surface area contributed by atoms with Crippen LogP contribution in [-0.4, -0.2) is 12.6 Å². The maximum absolute atomic E-state index is 5.43. The van der Waals surface area contributed by atoms with E-state index in [-0.39, 0.29) is 5.54 Å². The summed E-state index contributed by atoms with van der Waals surface area (Å²) in [5.41, 5.74) is 6.51. The van der Waals surface area contributed by atoms with E-state index in [1.54, 1.807) is 7.11 Å². The third-order valence-corrected chi connectivity index (χ3v) is 4.28. The lowest BCUT2D eigenvalue weighted by atomic mass is 9.93. The van der Waals surface area contributed by atoms with Gasteiger partial charge in [0.05, 0.1) is 7.11 Å². The highest BCUT2D eigenvalue weighted by Gasteiger charge is 2.31. The number of hydrogen-bond acceptors (Lipinski definition) is 2. The Morgan fingerprint density at radius 1 is 1.00 bits per heavy atom. The van der Waals surface area contributed by atoms with Crippen LogP contribution in [0.1, 0.15) is 50.3 Å². The van der Waals surface area contributed by atoms with Crippen LogP contribution in [0.4, 0.5) is 0 Å². The third kappa shape index (κ3) is 2.98. The number of nitrogens with one attached hydrogen (secondary N) is 1. The quantitative estimate of drug-likeness (QED) is 0.855. The zero-order chi connectivity index (χ0) is 16.6. The van der Waals surface area contributed by atoms with Crippen LogP contribution in [0.2, 0.25) is 0 Å². The topological polar surface area (TPSA) is 21.3 Å². The first-order valence-electron chi connectivity index (χ1n) is 8.17. The molecule has 1 unspecified atom stereocenters. The molecule has 120 valence electrons. The molecule has 0 radical (unpaired) electrons. The summed E-state index contributed by atoms with van der Waals surface area (Å²) in [7, 11) is 1.72. The van der Waals surface area contributed by atoms with Crippen molar-refractivity contribution in [1.82, 2.24) is 5.32 Å². The minimum Gasteiger partial charge on any atom is -0.497 e. The standard InChI is InChI=1S/C21H25NO/c1-14-18-13-16(23-5)11-12-17(18)20(22-21(2,3)4)19(14)15-9-7-6-8-10-15/h6-14,22H,1-5H3. The van der Waals surface area contributed by atoms with Gasteiger partial charge in [-0.15, -0.1) is 0 Å². The van der Waals surface area contributed by atoms with Gasteiger partial charge in [-0.2, -0.15) is 0 Å². The molecular weight excluding hydrogens is 282 g/mol. The van der Waals surface area contributed by atoms with Crippen LogP contribution in [0.15, 0.2) is 48.5 Å². The molecule has 0 saturated heterocycles. The summed E-state index contributed by atoms with van der Waals surface area (Å²) >= 11 is 0. The molecule has 0 amide bonds. The zero-order valence-corrected chi connectivity index (χ0v) is 14.6. The van der Waals surface area contributed by atoms with Crippen molar-refractivity contribution in [2.45, 2.75) is 39.2 Å². The minimum absolute atomic E-state index is 0.0105. The molecular formula is C21H25NO. The molecule has 2 nitrogen and oxygen atoms in total. The van der Waals surface area contributed by atoms with Crippen LogP contribution < -0.4 is 10.1 Å². The maximum atomic E-state index is 5.43. The first-order valence-corrected chi connectivity index (χ1v) is 8.17. The van der Waals surface area contributed by atoms with Gasteiger partial charge in [-0.05, 0) is 55.7 Å². The molecule has 1 aliphatic rings. The van der Waals surface area contributed by atoms with Gasteiger partial charge in [0.2, 0.25) is 0 Å². The number of benzene rings is 2. The lowest BCUT2D eigenvalue weighted by Gasteiger charge is -2.25. The van der Waals surface area contributed by atoms with Crippen molar-refractivity contribution in [2.24, 2.45) is 0 Å². The molecule has 0 bridgehead atoms. The maximum Gasteiger partial charge on any atom is 0.119 e. The summed E-state index contributed by atoms with van der Waals surface area (Å²) in [5.74, 6) is 1.26. The predicted octanol–water partition coefficient (Wildman–Crippen LogP) is 5.07. The second-order valence-corrected chi connectivity index (χ2v) is 7.20. The number of methoxy groups -OCH3 is 1. The molecule has 0 fully saturated rings. The Morgan fingerprint density at radius 2 is 1.70 bits per heavy atom. The molecule has 2 heteroatoms. The Balaban J connectivity index is 2.18. The van der Waals surface area contributed by atoms with Crippen molar-refractivity contribution in [3.8, 4) is 5.75 Å². The van der Waals surface area contributed by atoms with Gasteiger partial charge in [-0.25, -0.2) is 0 Å². The summed E-state index contributed by atoms with van der Waals surface area (Å²) in [6.45, 7) is 8.89. The molecule has 2 aromatic carbocycles. The molecule has 1 atom stereocenters. The van der Waals surface area contributed by atoms with Crippen LogP contribution >= 0.6 is 0 Å². The lowest BCUT2D eigenvalue weighted by molar-refractivity contribution is 0.414. The fraction of sp³-hybridized carbons (Fsp3) is 0.333. The van der Waals surface area contributed by atoms with Crippen molar-refractivity contribution in [1.29, 1.82) is 0 Å². The van der Waals surface area contributed by atoms with Gasteiger partial charge in [-0.1, -0.05) is 37.3 Å². The van der Waals surface area contributed by atoms with Crippen LogP contribution in [0.5, 0.6) is 5.75 Å². The molecule has 0 saturated carbocycles. The predicted molar refractivity (Wildman–Crippen MR) is 97.6 cm³/mol. The van der Waals surface area contributed by atoms with Crippen molar-refractivity contribution in [3.05, 3.63) is 65.2 Å². The number of ether oxygens (including phenoxy) is 1. The first-order chi connectivity index (χ1) is 10.9. The monoisotopic (exact) mass is 307 g/mol. The van der Waals surface area contributed by atoms with E-state index >= 15 is 0 Å². The zero-order valence-electron chi connectivity index (χ0n) is 14.6. The Bertz CT molecular complexity index is 738. The molecule has 0 aliphatic heterocycles. The van der Waals surface area contributed by atoms with Crippen molar-refractivity contribution >= 4 is 11.3 Å². The van der Waals surface area contributed by atoms with Crippen LogP contribution in [0.25, 0.3) is 11.3 Å². The molecule has 1 N–H and O–H groups in total. The molecule has 2 aromatic rings. The molecule has 23 heavy (non-hydrogen) atoms. The summed E-state index contributed by atoms with van der Waals surface area (Å²) in [4.78, 5) is 0. The van der Waals surface area contributed by atoms with E-state index in [2.05, 4.69) is 75.5 Å². The number of rotatable bonds is 3. The van der Waals surface area contributed by atoms with Gasteiger partial charge in [0.25, 0.3) is 0 Å². The van der Waals surface area contributed by atoms with Crippen LogP contribution in [0, 0.1) is 0 Å². The van der Waals surface area contributed by atoms with Gasteiger partial charge in [0, 0.05) is 22.7 Å². The van der Waals surface area contributed by atoms with E-state index in [0.29, 0.717) is 5.92 Å².